The second-order valence-electron chi connectivity index (χ2n) is 7.71. The number of amides is 1. The summed E-state index contributed by atoms with van der Waals surface area (Å²) in [5.74, 6) is -0.290. The fourth-order valence-electron chi connectivity index (χ4n) is 3.84. The number of halogens is 1. The first-order chi connectivity index (χ1) is 15.2. The smallest absolute Gasteiger partial charge is 0.286 e. The summed E-state index contributed by atoms with van der Waals surface area (Å²) in [7, 11) is -1.87. The maximum atomic E-state index is 13.2. The van der Waals surface area contributed by atoms with Gasteiger partial charge in [0.25, 0.3) is 5.91 Å². The molecule has 1 amide bonds. The SMILES string of the molecule is Cc1nn(C)c(C)c1S(=O)(=O)N1CCC(c2nnc(C(=O)Nc3cccc(Cl)c3)s2)CC1. The molecular weight excluding hydrogens is 472 g/mol. The summed E-state index contributed by atoms with van der Waals surface area (Å²) in [5, 5.41) is 16.8. The van der Waals surface area contributed by atoms with Crippen LogP contribution in [-0.2, 0) is 17.1 Å². The number of rotatable bonds is 5. The van der Waals surface area contributed by atoms with E-state index in [0.29, 0.717) is 48.0 Å². The number of hydrogen-bond donors (Lipinski definition) is 1. The Morgan fingerprint density at radius 2 is 1.94 bits per heavy atom. The van der Waals surface area contributed by atoms with E-state index in [1.54, 1.807) is 49.8 Å². The zero-order chi connectivity index (χ0) is 23.0. The van der Waals surface area contributed by atoms with Gasteiger partial charge < -0.3 is 5.32 Å². The molecule has 170 valence electrons. The summed E-state index contributed by atoms with van der Waals surface area (Å²) < 4.78 is 29.4. The molecule has 1 aromatic carbocycles. The molecule has 0 aliphatic carbocycles. The molecule has 0 unspecified atom stereocenters. The highest BCUT2D eigenvalue weighted by molar-refractivity contribution is 7.89. The monoisotopic (exact) mass is 494 g/mol. The van der Waals surface area contributed by atoms with Crippen LogP contribution >= 0.6 is 22.9 Å². The van der Waals surface area contributed by atoms with Crippen molar-refractivity contribution < 1.29 is 13.2 Å². The minimum atomic E-state index is -3.61. The van der Waals surface area contributed by atoms with E-state index in [0.717, 1.165) is 5.01 Å². The van der Waals surface area contributed by atoms with Crippen molar-refractivity contribution in [3.63, 3.8) is 0 Å². The largest absolute Gasteiger partial charge is 0.320 e. The normalized spacial score (nSPS) is 15.8. The number of nitrogens with one attached hydrogen (secondary N) is 1. The maximum Gasteiger partial charge on any atom is 0.286 e. The van der Waals surface area contributed by atoms with Crippen molar-refractivity contribution in [1.29, 1.82) is 0 Å². The number of anilines is 1. The quantitative estimate of drug-likeness (QED) is 0.582. The average Bonchev–Trinajstić information content (AvgIpc) is 3.33. The van der Waals surface area contributed by atoms with Crippen LogP contribution in [0.2, 0.25) is 5.02 Å². The molecule has 0 spiro atoms. The lowest BCUT2D eigenvalue weighted by molar-refractivity contribution is 0.102. The van der Waals surface area contributed by atoms with E-state index >= 15 is 0 Å². The highest BCUT2D eigenvalue weighted by Crippen LogP contribution is 2.33. The van der Waals surface area contributed by atoms with Gasteiger partial charge >= 0.3 is 0 Å². The third-order valence-corrected chi connectivity index (χ3v) is 9.03. The lowest BCUT2D eigenvalue weighted by Crippen LogP contribution is -2.38. The van der Waals surface area contributed by atoms with Gasteiger partial charge in [0, 0.05) is 36.8 Å². The van der Waals surface area contributed by atoms with Gasteiger partial charge in [0.05, 0.1) is 11.4 Å². The first kappa shape index (κ1) is 22.8. The molecule has 3 aromatic rings. The van der Waals surface area contributed by atoms with Crippen molar-refractivity contribution >= 4 is 44.6 Å². The van der Waals surface area contributed by atoms with Crippen LogP contribution in [0.4, 0.5) is 5.69 Å². The van der Waals surface area contributed by atoms with E-state index < -0.39 is 10.0 Å². The Morgan fingerprint density at radius 3 is 2.56 bits per heavy atom. The van der Waals surface area contributed by atoms with Crippen molar-refractivity contribution in [1.82, 2.24) is 24.3 Å². The fourth-order valence-corrected chi connectivity index (χ4v) is 6.81. The minimum absolute atomic E-state index is 0.0581. The molecule has 1 aliphatic heterocycles. The van der Waals surface area contributed by atoms with Gasteiger partial charge in [-0.1, -0.05) is 29.0 Å². The number of benzene rings is 1. The van der Waals surface area contributed by atoms with Crippen LogP contribution in [0, 0.1) is 13.8 Å². The fraction of sp³-hybridized carbons (Fsp3) is 0.400. The van der Waals surface area contributed by atoms with Crippen LogP contribution in [0.1, 0.15) is 45.0 Å². The lowest BCUT2D eigenvalue weighted by atomic mass is 9.99. The zero-order valence-corrected chi connectivity index (χ0v) is 20.3. The van der Waals surface area contributed by atoms with E-state index in [4.69, 9.17) is 11.6 Å². The van der Waals surface area contributed by atoms with Gasteiger partial charge in [-0.05, 0) is 44.9 Å². The van der Waals surface area contributed by atoms with Crippen LogP contribution in [0.25, 0.3) is 0 Å². The van der Waals surface area contributed by atoms with Crippen LogP contribution in [-0.4, -0.2) is 51.7 Å². The summed E-state index contributed by atoms with van der Waals surface area (Å²) >= 11 is 7.19. The standard InChI is InChI=1S/C20H23ClN6O3S2/c1-12-17(13(2)26(3)25-12)32(29,30)27-9-7-14(8-10-27)19-23-24-20(31-19)18(28)22-16-6-4-5-15(21)11-16/h4-6,11,14H,7-10H2,1-3H3,(H,22,28). The van der Waals surface area contributed by atoms with Crippen molar-refractivity contribution in [3.8, 4) is 0 Å². The highest BCUT2D eigenvalue weighted by atomic mass is 35.5. The van der Waals surface area contributed by atoms with Crippen LogP contribution < -0.4 is 5.32 Å². The second-order valence-corrected chi connectivity index (χ2v) is 11.0. The van der Waals surface area contributed by atoms with Crippen molar-refractivity contribution in [2.24, 2.45) is 7.05 Å². The van der Waals surface area contributed by atoms with Gasteiger partial charge in [-0.3, -0.25) is 9.48 Å². The van der Waals surface area contributed by atoms with E-state index in [2.05, 4.69) is 20.6 Å². The molecule has 0 atom stereocenters. The third-order valence-electron chi connectivity index (χ3n) is 5.56. The zero-order valence-electron chi connectivity index (χ0n) is 17.9. The number of carbonyl (C=O) groups excluding carboxylic acids is 1. The van der Waals surface area contributed by atoms with Gasteiger partial charge in [0.1, 0.15) is 9.90 Å². The Balaban J connectivity index is 1.42. The number of hydrogen-bond acceptors (Lipinski definition) is 7. The molecule has 0 saturated carbocycles. The minimum Gasteiger partial charge on any atom is -0.320 e. The third kappa shape index (κ3) is 4.42. The van der Waals surface area contributed by atoms with Gasteiger partial charge in [-0.25, -0.2) is 8.42 Å². The maximum absolute atomic E-state index is 13.2. The molecule has 32 heavy (non-hydrogen) atoms. The summed E-state index contributed by atoms with van der Waals surface area (Å²) in [6, 6.07) is 6.88. The number of carbonyl (C=O) groups is 1. The molecule has 2 aromatic heterocycles. The molecule has 0 bridgehead atoms. The molecule has 3 heterocycles. The molecular formula is C20H23ClN6O3S2. The van der Waals surface area contributed by atoms with Crippen molar-refractivity contribution in [3.05, 3.63) is 50.7 Å². The van der Waals surface area contributed by atoms with Gasteiger partial charge in [-0.2, -0.15) is 9.40 Å². The van der Waals surface area contributed by atoms with E-state index in [1.807, 2.05) is 0 Å². The Labute approximate surface area is 195 Å². The summed E-state index contributed by atoms with van der Waals surface area (Å²) in [4.78, 5) is 12.8. The molecule has 0 radical (unpaired) electrons. The average molecular weight is 495 g/mol. The molecule has 4 rings (SSSR count). The molecule has 1 saturated heterocycles. The number of piperidine rings is 1. The van der Waals surface area contributed by atoms with Crippen LogP contribution in [0.15, 0.2) is 29.2 Å². The van der Waals surface area contributed by atoms with Gasteiger partial charge in [0.2, 0.25) is 15.0 Å². The van der Waals surface area contributed by atoms with Crippen molar-refractivity contribution in [2.45, 2.75) is 37.5 Å². The van der Waals surface area contributed by atoms with Gasteiger partial charge in [0.15, 0.2) is 0 Å². The highest BCUT2D eigenvalue weighted by Gasteiger charge is 2.34. The Hall–Kier alpha value is -2.34. The Kier molecular flexibility index (Phi) is 6.35. The first-order valence-electron chi connectivity index (χ1n) is 10.1. The number of aromatic nitrogens is 4. The van der Waals surface area contributed by atoms with Crippen LogP contribution in [0.5, 0.6) is 0 Å². The lowest BCUT2D eigenvalue weighted by Gasteiger charge is -2.30. The van der Waals surface area contributed by atoms with Gasteiger partial charge in [-0.15, -0.1) is 10.2 Å². The van der Waals surface area contributed by atoms with E-state index in [9.17, 15) is 13.2 Å². The van der Waals surface area contributed by atoms with Crippen LogP contribution in [0.3, 0.4) is 0 Å². The number of sulfonamides is 1. The molecule has 1 fully saturated rings. The predicted molar refractivity (Wildman–Crippen MR) is 123 cm³/mol. The van der Waals surface area contributed by atoms with Crippen molar-refractivity contribution in [2.75, 3.05) is 18.4 Å². The molecule has 9 nitrogen and oxygen atoms in total. The molecule has 1 aliphatic rings. The topological polar surface area (TPSA) is 110 Å². The number of nitrogens with zero attached hydrogens (tertiary/aromatic N) is 5. The summed E-state index contributed by atoms with van der Waals surface area (Å²) in [6.07, 6.45) is 1.23. The Morgan fingerprint density at radius 1 is 1.22 bits per heavy atom. The second kappa shape index (κ2) is 8.89. The Bertz CT molecular complexity index is 1260. The van der Waals surface area contributed by atoms with E-state index in [-0.39, 0.29) is 21.7 Å². The summed E-state index contributed by atoms with van der Waals surface area (Å²) in [6.45, 7) is 4.23. The molecule has 12 heteroatoms. The van der Waals surface area contributed by atoms with E-state index in [1.165, 1.54) is 15.6 Å². The number of aryl methyl sites for hydroxylation is 2. The first-order valence-corrected chi connectivity index (χ1v) is 12.7. The predicted octanol–water partition coefficient (Wildman–Crippen LogP) is 3.36. The molecule has 1 N–H and O–H groups in total. The summed E-state index contributed by atoms with van der Waals surface area (Å²) in [5.41, 5.74) is 1.72.